The van der Waals surface area contributed by atoms with E-state index in [0.717, 1.165) is 28.8 Å². The fraction of sp³-hybridized carbons (Fsp3) is 0.154. The highest BCUT2D eigenvalue weighted by molar-refractivity contribution is 7.71. The van der Waals surface area contributed by atoms with Crippen LogP contribution in [0, 0.1) is 4.77 Å². The van der Waals surface area contributed by atoms with E-state index in [-0.39, 0.29) is 0 Å². The van der Waals surface area contributed by atoms with Crippen molar-refractivity contribution < 1.29 is 0 Å². The molecule has 0 saturated carbocycles. The zero-order valence-electron chi connectivity index (χ0n) is 9.71. The predicted octanol–water partition coefficient (Wildman–Crippen LogP) is 2.73. The monoisotopic (exact) mass is 256 g/mol. The van der Waals surface area contributed by atoms with Gasteiger partial charge in [-0.25, -0.2) is 0 Å². The largest absolute Gasteiger partial charge is 0.329 e. The highest BCUT2D eigenvalue weighted by Crippen LogP contribution is 2.13. The first kappa shape index (κ1) is 11.1. The number of fused-ring (bicyclic) bond motifs is 1. The molecular formula is C13H12N4S. The van der Waals surface area contributed by atoms with Crippen molar-refractivity contribution in [3.05, 3.63) is 53.3 Å². The van der Waals surface area contributed by atoms with Crippen LogP contribution in [0.5, 0.6) is 0 Å². The van der Waals surface area contributed by atoms with Crippen molar-refractivity contribution in [1.29, 1.82) is 0 Å². The predicted molar refractivity (Wildman–Crippen MR) is 72.9 cm³/mol. The maximum atomic E-state index is 5.33. The molecule has 1 N–H and O–H groups in total. The van der Waals surface area contributed by atoms with Gasteiger partial charge in [-0.15, -0.1) is 0 Å². The minimum absolute atomic E-state index is 0.738. The second-order valence-electron chi connectivity index (χ2n) is 4.09. The lowest BCUT2D eigenvalue weighted by Crippen LogP contribution is -2.01. The molecule has 4 nitrogen and oxygen atoms in total. The van der Waals surface area contributed by atoms with E-state index in [1.165, 1.54) is 5.56 Å². The minimum atomic E-state index is 0.738. The summed E-state index contributed by atoms with van der Waals surface area (Å²) in [6.45, 7) is 0.842. The van der Waals surface area contributed by atoms with Crippen LogP contribution in [0.4, 0.5) is 0 Å². The van der Waals surface area contributed by atoms with Crippen molar-refractivity contribution in [2.24, 2.45) is 0 Å². The van der Waals surface area contributed by atoms with Gasteiger partial charge < -0.3 is 9.55 Å². The summed E-state index contributed by atoms with van der Waals surface area (Å²) in [6, 6.07) is 6.01. The lowest BCUT2D eigenvalue weighted by atomic mass is 10.2. The van der Waals surface area contributed by atoms with Crippen LogP contribution in [0.3, 0.4) is 0 Å². The summed E-state index contributed by atoms with van der Waals surface area (Å²) in [6.07, 6.45) is 8.17. The summed E-state index contributed by atoms with van der Waals surface area (Å²) in [5.41, 5.74) is 3.29. The molecule has 0 fully saturated rings. The number of imidazole rings is 1. The molecular weight excluding hydrogens is 244 g/mol. The molecule has 0 radical (unpaired) electrons. The molecule has 0 aliphatic rings. The summed E-state index contributed by atoms with van der Waals surface area (Å²) < 4.78 is 2.83. The molecule has 0 bridgehead atoms. The summed E-state index contributed by atoms with van der Waals surface area (Å²) in [7, 11) is 0. The van der Waals surface area contributed by atoms with Crippen LogP contribution in [0.2, 0.25) is 0 Å². The molecule has 5 heteroatoms. The quantitative estimate of drug-likeness (QED) is 0.733. The second-order valence-corrected chi connectivity index (χ2v) is 4.47. The van der Waals surface area contributed by atoms with Gasteiger partial charge in [0.2, 0.25) is 0 Å². The molecule has 0 aliphatic carbocycles. The van der Waals surface area contributed by atoms with E-state index >= 15 is 0 Å². The zero-order chi connectivity index (χ0) is 12.4. The van der Waals surface area contributed by atoms with Crippen LogP contribution >= 0.6 is 12.2 Å². The third-order valence-electron chi connectivity index (χ3n) is 2.92. The van der Waals surface area contributed by atoms with E-state index in [0.29, 0.717) is 0 Å². The fourth-order valence-corrected chi connectivity index (χ4v) is 2.32. The van der Waals surface area contributed by atoms with Crippen molar-refractivity contribution in [2.45, 2.75) is 13.0 Å². The number of H-pyrrole nitrogens is 1. The van der Waals surface area contributed by atoms with E-state index in [4.69, 9.17) is 12.2 Å². The molecule has 0 aromatic carbocycles. The molecule has 3 aromatic rings. The average molecular weight is 256 g/mol. The van der Waals surface area contributed by atoms with Gasteiger partial charge in [-0.05, 0) is 36.3 Å². The Kier molecular flexibility index (Phi) is 2.90. The van der Waals surface area contributed by atoms with E-state index in [2.05, 4.69) is 25.6 Å². The third-order valence-corrected chi connectivity index (χ3v) is 3.24. The van der Waals surface area contributed by atoms with Crippen LogP contribution in [0.1, 0.15) is 5.56 Å². The van der Waals surface area contributed by atoms with Crippen LogP contribution in [0.15, 0.2) is 43.0 Å². The summed E-state index contributed by atoms with van der Waals surface area (Å²) in [4.78, 5) is 11.4. The Labute approximate surface area is 109 Å². The lowest BCUT2D eigenvalue weighted by molar-refractivity contribution is 0.705. The van der Waals surface area contributed by atoms with E-state index in [1.807, 2.05) is 18.3 Å². The number of pyridine rings is 2. The third kappa shape index (κ3) is 2.04. The van der Waals surface area contributed by atoms with Gasteiger partial charge in [0.1, 0.15) is 0 Å². The Morgan fingerprint density at radius 3 is 2.89 bits per heavy atom. The highest BCUT2D eigenvalue weighted by Gasteiger charge is 2.03. The van der Waals surface area contributed by atoms with Gasteiger partial charge in [0.25, 0.3) is 0 Å². The lowest BCUT2D eigenvalue weighted by Gasteiger charge is -2.04. The van der Waals surface area contributed by atoms with E-state index in [9.17, 15) is 0 Å². The van der Waals surface area contributed by atoms with E-state index < -0.39 is 0 Å². The number of aromatic amines is 1. The zero-order valence-corrected chi connectivity index (χ0v) is 10.5. The molecule has 0 unspecified atom stereocenters. The SMILES string of the molecule is S=c1[nH]c2cnccc2n1CCc1cccnc1. The van der Waals surface area contributed by atoms with Crippen LogP contribution < -0.4 is 0 Å². The number of nitrogens with one attached hydrogen (secondary N) is 1. The number of aryl methyl sites for hydroxylation is 2. The van der Waals surface area contributed by atoms with Gasteiger partial charge in [0.15, 0.2) is 4.77 Å². The molecule has 3 aromatic heterocycles. The summed E-state index contributed by atoms with van der Waals surface area (Å²) in [5, 5.41) is 0. The molecule has 0 aliphatic heterocycles. The number of hydrogen-bond donors (Lipinski definition) is 1. The molecule has 3 rings (SSSR count). The highest BCUT2D eigenvalue weighted by atomic mass is 32.1. The van der Waals surface area contributed by atoms with Crippen molar-refractivity contribution >= 4 is 23.3 Å². The van der Waals surface area contributed by atoms with Gasteiger partial charge in [0.05, 0.1) is 17.2 Å². The molecule has 0 saturated heterocycles. The molecule has 0 spiro atoms. The average Bonchev–Trinajstić information content (AvgIpc) is 2.73. The van der Waals surface area contributed by atoms with Gasteiger partial charge in [-0.2, -0.15) is 0 Å². The standard InChI is InChI=1S/C13H12N4S/c18-13-16-11-9-15-6-3-12(11)17(13)7-4-10-2-1-5-14-8-10/h1-3,5-6,8-9H,4,7H2,(H,16,18). The summed E-state index contributed by atoms with van der Waals surface area (Å²) in [5.74, 6) is 0. The number of hydrogen-bond acceptors (Lipinski definition) is 3. The van der Waals surface area contributed by atoms with E-state index in [1.54, 1.807) is 18.6 Å². The van der Waals surface area contributed by atoms with Gasteiger partial charge in [-0.1, -0.05) is 6.07 Å². The second kappa shape index (κ2) is 4.70. The summed E-state index contributed by atoms with van der Waals surface area (Å²) >= 11 is 5.33. The molecule has 0 atom stereocenters. The Hall–Kier alpha value is -2.01. The van der Waals surface area contributed by atoms with Crippen LogP contribution in [-0.4, -0.2) is 19.5 Å². The Morgan fingerprint density at radius 2 is 2.06 bits per heavy atom. The smallest absolute Gasteiger partial charge is 0.178 e. The van der Waals surface area contributed by atoms with Gasteiger partial charge in [-0.3, -0.25) is 9.97 Å². The molecule has 3 heterocycles. The Morgan fingerprint density at radius 1 is 1.17 bits per heavy atom. The minimum Gasteiger partial charge on any atom is -0.329 e. The Balaban J connectivity index is 1.91. The number of rotatable bonds is 3. The van der Waals surface area contributed by atoms with Crippen molar-refractivity contribution in [2.75, 3.05) is 0 Å². The Bertz CT molecular complexity index is 714. The van der Waals surface area contributed by atoms with Crippen molar-refractivity contribution in [3.8, 4) is 0 Å². The van der Waals surface area contributed by atoms with Crippen LogP contribution in [0.25, 0.3) is 11.0 Å². The maximum absolute atomic E-state index is 5.33. The van der Waals surface area contributed by atoms with Gasteiger partial charge in [0, 0.05) is 25.1 Å². The first-order valence-electron chi connectivity index (χ1n) is 5.76. The van der Waals surface area contributed by atoms with Crippen LogP contribution in [-0.2, 0) is 13.0 Å². The van der Waals surface area contributed by atoms with Gasteiger partial charge >= 0.3 is 0 Å². The maximum Gasteiger partial charge on any atom is 0.178 e. The molecule has 0 amide bonds. The number of nitrogens with zero attached hydrogens (tertiary/aromatic N) is 3. The molecule has 18 heavy (non-hydrogen) atoms. The molecule has 90 valence electrons. The first-order valence-corrected chi connectivity index (χ1v) is 6.17. The topological polar surface area (TPSA) is 46.5 Å². The fourth-order valence-electron chi connectivity index (χ4n) is 2.02. The van der Waals surface area contributed by atoms with Crippen molar-refractivity contribution in [1.82, 2.24) is 19.5 Å². The number of aromatic nitrogens is 4. The first-order chi connectivity index (χ1) is 8.84. The normalized spacial score (nSPS) is 10.9. The van der Waals surface area contributed by atoms with Crippen molar-refractivity contribution in [3.63, 3.8) is 0 Å².